The number of amides is 1. The first-order valence-corrected chi connectivity index (χ1v) is 16.2. The van der Waals surface area contributed by atoms with Crippen LogP contribution in [0.5, 0.6) is 5.75 Å². The van der Waals surface area contributed by atoms with E-state index in [0.717, 1.165) is 17.8 Å². The third kappa shape index (κ3) is 5.37. The zero-order valence-electron chi connectivity index (χ0n) is 23.3. The van der Waals surface area contributed by atoms with Crippen LogP contribution >= 0.6 is 11.3 Å². The van der Waals surface area contributed by atoms with Gasteiger partial charge in [0.1, 0.15) is 16.3 Å². The van der Waals surface area contributed by atoms with Crippen LogP contribution in [0.25, 0.3) is 11.4 Å². The Morgan fingerprint density at radius 3 is 2.50 bits per heavy atom. The lowest BCUT2D eigenvalue weighted by molar-refractivity contribution is 0.0985. The van der Waals surface area contributed by atoms with Gasteiger partial charge in [-0.05, 0) is 69.5 Å². The van der Waals surface area contributed by atoms with Crippen LogP contribution in [0, 0.1) is 6.92 Å². The highest BCUT2D eigenvalue weighted by atomic mass is 32.2. The van der Waals surface area contributed by atoms with E-state index in [1.54, 1.807) is 60.8 Å². The number of anilines is 2. The van der Waals surface area contributed by atoms with Crippen molar-refractivity contribution >= 4 is 38.8 Å². The quantitative estimate of drug-likeness (QED) is 0.287. The number of para-hydroxylation sites is 1. The molecule has 0 unspecified atom stereocenters. The maximum atomic E-state index is 14.0. The normalized spacial score (nSPS) is 18.2. The molecule has 1 amide bonds. The zero-order valence-corrected chi connectivity index (χ0v) is 25.0. The van der Waals surface area contributed by atoms with Crippen LogP contribution in [-0.2, 0) is 19.3 Å². The molecule has 2 aromatic carbocycles. The van der Waals surface area contributed by atoms with Crippen molar-refractivity contribution in [2.24, 2.45) is 0 Å². The molecule has 1 saturated carbocycles. The fourth-order valence-corrected chi connectivity index (χ4v) is 8.69. The Kier molecular flexibility index (Phi) is 7.69. The number of nitrogens with one attached hydrogen (secondary N) is 1. The van der Waals surface area contributed by atoms with Crippen molar-refractivity contribution in [3.63, 3.8) is 0 Å². The number of nitrogens with zero attached hydrogens (tertiary/aromatic N) is 4. The zero-order chi connectivity index (χ0) is 29.3. The molecule has 0 radical (unpaired) electrons. The summed E-state index contributed by atoms with van der Waals surface area (Å²) in [5.41, 5.74) is 2.39. The van der Waals surface area contributed by atoms with E-state index in [2.05, 4.69) is 22.1 Å². The topological polar surface area (TPSA) is 124 Å². The van der Waals surface area contributed by atoms with Crippen molar-refractivity contribution in [1.82, 2.24) is 15.0 Å². The molecule has 3 heterocycles. The molecule has 1 saturated heterocycles. The molecule has 2 aromatic heterocycles. The van der Waals surface area contributed by atoms with Crippen LogP contribution in [0.15, 0.2) is 70.4 Å². The lowest BCUT2D eigenvalue weighted by Gasteiger charge is -2.41. The van der Waals surface area contributed by atoms with E-state index in [0.29, 0.717) is 72.6 Å². The second kappa shape index (κ2) is 11.4. The Morgan fingerprint density at radius 1 is 1.10 bits per heavy atom. The first-order chi connectivity index (χ1) is 20.2. The number of carbonyl (C=O) groups is 1. The highest BCUT2D eigenvalue weighted by Gasteiger charge is 2.54. The molecule has 0 bridgehead atoms. The number of benzene rings is 2. The summed E-state index contributed by atoms with van der Waals surface area (Å²) in [6, 6.07) is 17.8. The summed E-state index contributed by atoms with van der Waals surface area (Å²) < 4.78 is 38.0. The minimum Gasteiger partial charge on any atom is -0.410 e. The number of carbonyl (C=O) groups excluding carboxylic acids is 1. The van der Waals surface area contributed by atoms with Gasteiger partial charge in [-0.3, -0.25) is 5.32 Å². The summed E-state index contributed by atoms with van der Waals surface area (Å²) in [7, 11) is -3.79. The van der Waals surface area contributed by atoms with Crippen LogP contribution in [-0.4, -0.2) is 55.3 Å². The first-order valence-electron chi connectivity index (χ1n) is 13.8. The second-order valence-electron chi connectivity index (χ2n) is 10.6. The van der Waals surface area contributed by atoms with E-state index in [1.807, 2.05) is 12.1 Å². The number of hydrogen-bond acceptors (Lipinski definition) is 10. The van der Waals surface area contributed by atoms with Crippen LogP contribution in [0.4, 0.5) is 16.3 Å². The standard InChI is InChI=1S/C30H31N5O5S2/c1-20-19-41-29(31-20)42(37,38)30(13-6-14-30)25-17-26(35-15-16-39-18-21(35)2)34-27(33-25)22-9-11-23(12-10-22)32-28(36)40-24-7-4-3-5-8-24/h3-5,7-12,17,19,21H,6,13-16,18H2,1-2H3,(H,32,36)/t21-/m0/s1. The van der Waals surface area contributed by atoms with Gasteiger partial charge in [0.15, 0.2) is 5.82 Å². The number of aromatic nitrogens is 3. The fourth-order valence-electron chi connectivity index (χ4n) is 5.24. The molecule has 42 heavy (non-hydrogen) atoms. The average Bonchev–Trinajstić information content (AvgIpc) is 3.40. The van der Waals surface area contributed by atoms with E-state index in [-0.39, 0.29) is 10.4 Å². The minimum absolute atomic E-state index is 0.0621. The molecule has 12 heteroatoms. The van der Waals surface area contributed by atoms with Crippen LogP contribution in [0.1, 0.15) is 37.6 Å². The second-order valence-corrected chi connectivity index (χ2v) is 13.9. The summed E-state index contributed by atoms with van der Waals surface area (Å²) in [6.45, 7) is 5.60. The Morgan fingerprint density at radius 2 is 1.86 bits per heavy atom. The molecule has 6 rings (SSSR count). The number of morpholine rings is 1. The van der Waals surface area contributed by atoms with Gasteiger partial charge in [0.25, 0.3) is 0 Å². The molecule has 1 N–H and O–H groups in total. The van der Waals surface area contributed by atoms with Gasteiger partial charge >= 0.3 is 6.09 Å². The number of thiazole rings is 1. The van der Waals surface area contributed by atoms with Crippen molar-refractivity contribution in [2.45, 2.75) is 48.2 Å². The summed E-state index contributed by atoms with van der Waals surface area (Å²) in [5.74, 6) is 1.52. The van der Waals surface area contributed by atoms with Crippen molar-refractivity contribution < 1.29 is 22.7 Å². The minimum atomic E-state index is -3.79. The predicted molar refractivity (Wildman–Crippen MR) is 161 cm³/mol. The maximum Gasteiger partial charge on any atom is 0.417 e. The van der Waals surface area contributed by atoms with Gasteiger partial charge in [0, 0.05) is 34.9 Å². The van der Waals surface area contributed by atoms with Crippen molar-refractivity contribution in [3.05, 3.63) is 77.4 Å². The van der Waals surface area contributed by atoms with E-state index < -0.39 is 20.7 Å². The number of aryl methyl sites for hydroxylation is 1. The van der Waals surface area contributed by atoms with Crippen LogP contribution in [0.3, 0.4) is 0 Å². The first kappa shape index (κ1) is 28.3. The number of sulfone groups is 1. The van der Waals surface area contributed by atoms with Gasteiger partial charge < -0.3 is 14.4 Å². The third-order valence-electron chi connectivity index (χ3n) is 7.69. The molecule has 10 nitrogen and oxygen atoms in total. The summed E-state index contributed by atoms with van der Waals surface area (Å²) >= 11 is 1.15. The number of hydrogen-bond donors (Lipinski definition) is 1. The van der Waals surface area contributed by atoms with E-state index in [1.165, 1.54) is 0 Å². The average molecular weight is 606 g/mol. The molecule has 1 aliphatic carbocycles. The Balaban J connectivity index is 1.35. The predicted octanol–water partition coefficient (Wildman–Crippen LogP) is 5.60. The Bertz CT molecular complexity index is 1690. The highest BCUT2D eigenvalue weighted by Crippen LogP contribution is 2.51. The molecule has 218 valence electrons. The maximum absolute atomic E-state index is 14.0. The van der Waals surface area contributed by atoms with E-state index in [4.69, 9.17) is 19.4 Å². The SMILES string of the molecule is Cc1csc(S(=O)(=O)C2(c3cc(N4CCOC[C@@H]4C)nc(-c4ccc(NC(=O)Oc5ccccc5)cc4)n3)CCC2)n1. The van der Waals surface area contributed by atoms with E-state index >= 15 is 0 Å². The van der Waals surface area contributed by atoms with Crippen LogP contribution < -0.4 is 15.0 Å². The molecule has 0 spiro atoms. The molecule has 1 aliphatic heterocycles. The van der Waals surface area contributed by atoms with E-state index in [9.17, 15) is 13.2 Å². The Labute approximate surface area is 248 Å². The number of rotatable bonds is 7. The highest BCUT2D eigenvalue weighted by molar-refractivity contribution is 7.94. The van der Waals surface area contributed by atoms with Gasteiger partial charge in [-0.2, -0.15) is 0 Å². The summed E-state index contributed by atoms with van der Waals surface area (Å²) in [4.78, 5) is 28.6. The summed E-state index contributed by atoms with van der Waals surface area (Å²) in [6.07, 6.45) is 1.11. The van der Waals surface area contributed by atoms with Gasteiger partial charge in [0.2, 0.25) is 14.2 Å². The molecule has 2 aliphatic rings. The fraction of sp³-hybridized carbons (Fsp3) is 0.333. The third-order valence-corrected chi connectivity index (χ3v) is 11.6. The van der Waals surface area contributed by atoms with Crippen molar-refractivity contribution in [3.8, 4) is 17.1 Å². The van der Waals surface area contributed by atoms with Gasteiger partial charge in [0.05, 0.1) is 24.9 Å². The molecule has 4 aromatic rings. The van der Waals surface area contributed by atoms with Gasteiger partial charge in [-0.15, -0.1) is 11.3 Å². The largest absolute Gasteiger partial charge is 0.417 e. The molecular formula is C30H31N5O5S2. The lowest BCUT2D eigenvalue weighted by Crippen LogP contribution is -2.46. The Hall–Kier alpha value is -3.87. The molecule has 1 atom stereocenters. The smallest absolute Gasteiger partial charge is 0.410 e. The van der Waals surface area contributed by atoms with Crippen molar-refractivity contribution in [2.75, 3.05) is 30.0 Å². The van der Waals surface area contributed by atoms with Gasteiger partial charge in [-0.1, -0.05) is 18.2 Å². The molecule has 2 fully saturated rings. The van der Waals surface area contributed by atoms with Crippen LogP contribution in [0.2, 0.25) is 0 Å². The molecular weight excluding hydrogens is 574 g/mol. The monoisotopic (exact) mass is 605 g/mol. The van der Waals surface area contributed by atoms with Gasteiger partial charge in [-0.25, -0.2) is 28.2 Å². The van der Waals surface area contributed by atoms with Crippen molar-refractivity contribution in [1.29, 1.82) is 0 Å². The lowest BCUT2D eigenvalue weighted by atomic mass is 9.81. The summed E-state index contributed by atoms with van der Waals surface area (Å²) in [5, 5.41) is 4.48. The number of ether oxygens (including phenoxy) is 2.